The number of methoxy groups -OCH3 is 1. The molecular weight excluding hydrogens is 238 g/mol. The molecule has 1 aromatic carbocycles. The number of benzene rings is 1. The zero-order valence-electron chi connectivity index (χ0n) is 11.0. The van der Waals surface area contributed by atoms with Gasteiger partial charge in [0.25, 0.3) is 0 Å². The number of ether oxygens (including phenoxy) is 1. The second-order valence-corrected chi connectivity index (χ2v) is 4.15. The van der Waals surface area contributed by atoms with Gasteiger partial charge in [-0.1, -0.05) is 24.3 Å². The van der Waals surface area contributed by atoms with Crippen LogP contribution in [0.1, 0.15) is 27.3 Å². The summed E-state index contributed by atoms with van der Waals surface area (Å²) in [6.07, 6.45) is 3.84. The average molecular weight is 253 g/mol. The van der Waals surface area contributed by atoms with Gasteiger partial charge in [-0.3, -0.25) is 4.98 Å². The van der Waals surface area contributed by atoms with Crippen LogP contribution in [0.5, 0.6) is 0 Å². The maximum absolute atomic E-state index is 11.4. The lowest BCUT2D eigenvalue weighted by Gasteiger charge is -2.00. The van der Waals surface area contributed by atoms with Crippen LogP contribution >= 0.6 is 0 Å². The van der Waals surface area contributed by atoms with Gasteiger partial charge in [0, 0.05) is 5.69 Å². The van der Waals surface area contributed by atoms with E-state index in [9.17, 15) is 4.79 Å². The van der Waals surface area contributed by atoms with Crippen LogP contribution in [0.15, 0.2) is 42.5 Å². The van der Waals surface area contributed by atoms with E-state index in [0.29, 0.717) is 5.56 Å². The lowest BCUT2D eigenvalue weighted by atomic mass is 10.1. The summed E-state index contributed by atoms with van der Waals surface area (Å²) in [4.78, 5) is 15.8. The molecule has 0 aliphatic carbocycles. The first kappa shape index (κ1) is 13.0. The Morgan fingerprint density at radius 2 is 1.95 bits per heavy atom. The van der Waals surface area contributed by atoms with Gasteiger partial charge in [-0.2, -0.15) is 0 Å². The summed E-state index contributed by atoms with van der Waals surface area (Å²) in [6.45, 7) is 1.95. The van der Waals surface area contributed by atoms with Crippen molar-refractivity contribution in [3.05, 3.63) is 65.0 Å². The van der Waals surface area contributed by atoms with E-state index in [1.165, 1.54) is 7.11 Å². The van der Waals surface area contributed by atoms with Crippen LogP contribution in [0.4, 0.5) is 0 Å². The predicted octanol–water partition coefficient (Wildman–Crippen LogP) is 3.35. The van der Waals surface area contributed by atoms with E-state index in [1.807, 2.05) is 49.4 Å². The van der Waals surface area contributed by atoms with Gasteiger partial charge in [-0.05, 0) is 42.8 Å². The topological polar surface area (TPSA) is 39.2 Å². The molecule has 1 aromatic heterocycles. The van der Waals surface area contributed by atoms with E-state index >= 15 is 0 Å². The average Bonchev–Trinajstić information content (AvgIpc) is 2.45. The molecule has 19 heavy (non-hydrogen) atoms. The van der Waals surface area contributed by atoms with Crippen molar-refractivity contribution in [1.82, 2.24) is 4.98 Å². The molecular formula is C16H15NO2. The molecule has 1 heterocycles. The Balaban J connectivity index is 2.21. The quantitative estimate of drug-likeness (QED) is 0.787. The standard InChI is InChI=1S/C16H15NO2/c1-12-5-3-8-15(17-12)10-9-13-6-4-7-14(11-13)16(18)19-2/h3-11H,1-2H3/b10-9+. The van der Waals surface area contributed by atoms with Gasteiger partial charge in [0.1, 0.15) is 0 Å². The number of pyridine rings is 1. The summed E-state index contributed by atoms with van der Waals surface area (Å²) in [7, 11) is 1.38. The highest BCUT2D eigenvalue weighted by Crippen LogP contribution is 2.10. The number of aryl methyl sites for hydroxylation is 1. The fourth-order valence-electron chi connectivity index (χ4n) is 1.73. The lowest BCUT2D eigenvalue weighted by molar-refractivity contribution is 0.0600. The monoisotopic (exact) mass is 253 g/mol. The third kappa shape index (κ3) is 3.52. The second-order valence-electron chi connectivity index (χ2n) is 4.15. The first-order valence-electron chi connectivity index (χ1n) is 5.99. The van der Waals surface area contributed by atoms with E-state index in [4.69, 9.17) is 4.74 Å². The molecule has 0 fully saturated rings. The van der Waals surface area contributed by atoms with E-state index < -0.39 is 0 Å². The molecule has 2 rings (SSSR count). The van der Waals surface area contributed by atoms with Crippen LogP contribution in [0, 0.1) is 6.92 Å². The Morgan fingerprint density at radius 1 is 1.16 bits per heavy atom. The SMILES string of the molecule is COC(=O)c1cccc(/C=C/c2cccc(C)n2)c1. The van der Waals surface area contributed by atoms with Crippen molar-refractivity contribution in [1.29, 1.82) is 0 Å². The highest BCUT2D eigenvalue weighted by molar-refractivity contribution is 5.90. The molecule has 0 radical (unpaired) electrons. The van der Waals surface area contributed by atoms with Gasteiger partial charge >= 0.3 is 5.97 Å². The molecule has 3 heteroatoms. The Kier molecular flexibility index (Phi) is 4.08. The van der Waals surface area contributed by atoms with Crippen molar-refractivity contribution in [2.75, 3.05) is 7.11 Å². The molecule has 0 bridgehead atoms. The molecule has 0 amide bonds. The van der Waals surface area contributed by atoms with Gasteiger partial charge in [-0.25, -0.2) is 4.79 Å². The van der Waals surface area contributed by atoms with Crippen molar-refractivity contribution in [2.45, 2.75) is 6.92 Å². The maximum Gasteiger partial charge on any atom is 0.337 e. The summed E-state index contributed by atoms with van der Waals surface area (Å²) in [5.41, 5.74) is 3.35. The van der Waals surface area contributed by atoms with Crippen LogP contribution < -0.4 is 0 Å². The largest absolute Gasteiger partial charge is 0.465 e. The number of hydrogen-bond donors (Lipinski definition) is 0. The first-order chi connectivity index (χ1) is 9.19. The summed E-state index contributed by atoms with van der Waals surface area (Å²) in [5.74, 6) is -0.330. The third-order valence-corrected chi connectivity index (χ3v) is 2.66. The van der Waals surface area contributed by atoms with Crippen molar-refractivity contribution in [3.63, 3.8) is 0 Å². The van der Waals surface area contributed by atoms with Crippen molar-refractivity contribution in [3.8, 4) is 0 Å². The second kappa shape index (κ2) is 5.96. The molecule has 0 saturated carbocycles. The Hall–Kier alpha value is -2.42. The van der Waals surface area contributed by atoms with E-state index in [2.05, 4.69) is 4.98 Å². The number of hydrogen-bond acceptors (Lipinski definition) is 3. The van der Waals surface area contributed by atoms with Crippen LogP contribution in [0.2, 0.25) is 0 Å². The van der Waals surface area contributed by atoms with E-state index in [0.717, 1.165) is 17.0 Å². The van der Waals surface area contributed by atoms with Crippen molar-refractivity contribution >= 4 is 18.1 Å². The number of carbonyl (C=O) groups is 1. The lowest BCUT2D eigenvalue weighted by Crippen LogP contribution is -2.00. The van der Waals surface area contributed by atoms with Crippen LogP contribution in [0.3, 0.4) is 0 Å². The van der Waals surface area contributed by atoms with Gasteiger partial charge in [0.2, 0.25) is 0 Å². The summed E-state index contributed by atoms with van der Waals surface area (Å²) >= 11 is 0. The first-order valence-corrected chi connectivity index (χ1v) is 5.99. The fraction of sp³-hybridized carbons (Fsp3) is 0.125. The number of esters is 1. The summed E-state index contributed by atoms with van der Waals surface area (Å²) in [5, 5.41) is 0. The molecule has 3 nitrogen and oxygen atoms in total. The molecule has 0 N–H and O–H groups in total. The Labute approximate surface area is 112 Å². The van der Waals surface area contributed by atoms with Crippen molar-refractivity contribution in [2.24, 2.45) is 0 Å². The Bertz CT molecular complexity index is 618. The number of nitrogens with zero attached hydrogens (tertiary/aromatic N) is 1. The van der Waals surface area contributed by atoms with Crippen LogP contribution in [0.25, 0.3) is 12.2 Å². The Morgan fingerprint density at radius 3 is 2.68 bits per heavy atom. The fourth-order valence-corrected chi connectivity index (χ4v) is 1.73. The van der Waals surface area contributed by atoms with Crippen LogP contribution in [-0.2, 0) is 4.74 Å². The highest BCUT2D eigenvalue weighted by atomic mass is 16.5. The molecule has 0 saturated heterocycles. The number of rotatable bonds is 3. The maximum atomic E-state index is 11.4. The summed E-state index contributed by atoms with van der Waals surface area (Å²) in [6, 6.07) is 13.1. The van der Waals surface area contributed by atoms with Crippen molar-refractivity contribution < 1.29 is 9.53 Å². The zero-order valence-corrected chi connectivity index (χ0v) is 11.0. The molecule has 0 aliphatic rings. The van der Waals surface area contributed by atoms with E-state index in [-0.39, 0.29) is 5.97 Å². The minimum Gasteiger partial charge on any atom is -0.465 e. The van der Waals surface area contributed by atoms with Gasteiger partial charge in [0.15, 0.2) is 0 Å². The smallest absolute Gasteiger partial charge is 0.337 e. The minimum absolute atomic E-state index is 0.330. The summed E-state index contributed by atoms with van der Waals surface area (Å²) < 4.78 is 4.69. The minimum atomic E-state index is -0.330. The van der Waals surface area contributed by atoms with Gasteiger partial charge < -0.3 is 4.74 Å². The molecule has 0 aliphatic heterocycles. The molecule has 2 aromatic rings. The zero-order chi connectivity index (χ0) is 13.7. The molecule has 96 valence electrons. The van der Waals surface area contributed by atoms with Gasteiger partial charge in [0.05, 0.1) is 18.4 Å². The normalized spacial score (nSPS) is 10.6. The van der Waals surface area contributed by atoms with E-state index in [1.54, 1.807) is 12.1 Å². The van der Waals surface area contributed by atoms with Crippen LogP contribution in [-0.4, -0.2) is 18.1 Å². The van der Waals surface area contributed by atoms with Gasteiger partial charge in [-0.15, -0.1) is 0 Å². The predicted molar refractivity (Wildman–Crippen MR) is 75.7 cm³/mol. The molecule has 0 spiro atoms. The number of carbonyl (C=O) groups excluding carboxylic acids is 1. The molecule has 0 unspecified atom stereocenters. The third-order valence-electron chi connectivity index (χ3n) is 2.66. The number of aromatic nitrogens is 1. The molecule has 0 atom stereocenters. The highest BCUT2D eigenvalue weighted by Gasteiger charge is 2.03.